The zero-order valence-electron chi connectivity index (χ0n) is 13.2. The number of nitrogens with one attached hydrogen (secondary N) is 1. The number of benzene rings is 1. The molecule has 2 aromatic rings. The first-order chi connectivity index (χ1) is 11.9. The molecule has 0 aliphatic heterocycles. The van der Waals surface area contributed by atoms with Crippen molar-refractivity contribution >= 4 is 17.5 Å². The van der Waals surface area contributed by atoms with E-state index in [4.69, 9.17) is 11.6 Å². The Labute approximate surface area is 148 Å². The maximum absolute atomic E-state index is 12.9. The smallest absolute Gasteiger partial charge is 0.351 e. The van der Waals surface area contributed by atoms with Crippen LogP contribution in [0.25, 0.3) is 0 Å². The van der Waals surface area contributed by atoms with E-state index >= 15 is 0 Å². The highest BCUT2D eigenvalue weighted by Gasteiger charge is 2.34. The predicted molar refractivity (Wildman–Crippen MR) is 88.2 cm³/mol. The van der Waals surface area contributed by atoms with Gasteiger partial charge in [-0.2, -0.15) is 13.2 Å². The van der Waals surface area contributed by atoms with E-state index < -0.39 is 11.7 Å². The molecule has 0 saturated heterocycles. The monoisotopic (exact) mass is 368 g/mol. The number of amides is 1. The van der Waals surface area contributed by atoms with Crippen LogP contribution in [0.5, 0.6) is 0 Å². The molecule has 0 radical (unpaired) electrons. The molecule has 1 amide bonds. The summed E-state index contributed by atoms with van der Waals surface area (Å²) in [5.74, 6) is -0.551. The van der Waals surface area contributed by atoms with Gasteiger partial charge in [0.2, 0.25) is 5.91 Å². The molecular formula is C18H16ClF3N2O. The highest BCUT2D eigenvalue weighted by atomic mass is 35.5. The summed E-state index contributed by atoms with van der Waals surface area (Å²) in [6.45, 7) is -0.0479. The molecule has 0 saturated carbocycles. The number of aryl methyl sites for hydroxylation is 1. The molecule has 3 rings (SSSR count). The van der Waals surface area contributed by atoms with Gasteiger partial charge in [0.25, 0.3) is 0 Å². The molecule has 25 heavy (non-hydrogen) atoms. The third-order valence-corrected chi connectivity index (χ3v) is 4.81. The summed E-state index contributed by atoms with van der Waals surface area (Å²) < 4.78 is 38.7. The van der Waals surface area contributed by atoms with Gasteiger partial charge in [-0.15, -0.1) is 0 Å². The lowest BCUT2D eigenvalue weighted by Gasteiger charge is -2.24. The number of nitrogens with zero attached hydrogens (tertiary/aromatic N) is 1. The maximum atomic E-state index is 12.9. The number of fused-ring (bicyclic) bond motifs is 1. The van der Waals surface area contributed by atoms with Gasteiger partial charge in [-0.05, 0) is 42.5 Å². The van der Waals surface area contributed by atoms with Crippen LogP contribution in [0.2, 0.25) is 5.02 Å². The van der Waals surface area contributed by atoms with E-state index in [9.17, 15) is 18.0 Å². The van der Waals surface area contributed by atoms with Crippen molar-refractivity contribution in [3.8, 4) is 0 Å². The van der Waals surface area contributed by atoms with Crippen molar-refractivity contribution < 1.29 is 18.0 Å². The molecule has 1 aliphatic carbocycles. The van der Waals surface area contributed by atoms with Gasteiger partial charge in [-0.1, -0.05) is 29.8 Å². The predicted octanol–water partition coefficient (Wildman–Crippen LogP) is 4.49. The number of pyridine rings is 1. The van der Waals surface area contributed by atoms with Crippen LogP contribution in [0, 0.1) is 0 Å². The van der Waals surface area contributed by atoms with E-state index in [2.05, 4.69) is 10.3 Å². The Hall–Kier alpha value is -2.08. The van der Waals surface area contributed by atoms with E-state index in [1.165, 1.54) is 12.1 Å². The van der Waals surface area contributed by atoms with Crippen LogP contribution in [0.1, 0.15) is 41.1 Å². The zero-order valence-corrected chi connectivity index (χ0v) is 14.0. The molecule has 1 N–H and O–H groups in total. The topological polar surface area (TPSA) is 42.0 Å². The van der Waals surface area contributed by atoms with Gasteiger partial charge in [-0.25, -0.2) is 0 Å². The summed E-state index contributed by atoms with van der Waals surface area (Å²) in [6.07, 6.45) is -0.445. The number of carbonyl (C=O) groups excluding carboxylic acids is 1. The molecule has 132 valence electrons. The van der Waals surface area contributed by atoms with Crippen LogP contribution in [-0.4, -0.2) is 10.9 Å². The molecule has 1 aromatic heterocycles. The summed E-state index contributed by atoms with van der Waals surface area (Å²) in [4.78, 5) is 16.8. The van der Waals surface area contributed by atoms with Crippen molar-refractivity contribution in [2.75, 3.05) is 0 Å². The van der Waals surface area contributed by atoms with E-state index in [0.29, 0.717) is 6.42 Å². The van der Waals surface area contributed by atoms with Gasteiger partial charge in [-0.3, -0.25) is 9.78 Å². The molecule has 7 heteroatoms. The molecule has 1 heterocycles. The largest absolute Gasteiger partial charge is 0.417 e. The van der Waals surface area contributed by atoms with Crippen LogP contribution in [0.4, 0.5) is 13.2 Å². The van der Waals surface area contributed by atoms with Crippen LogP contribution in [0.15, 0.2) is 36.5 Å². The third kappa shape index (κ3) is 3.79. The molecule has 3 nitrogen and oxygen atoms in total. The van der Waals surface area contributed by atoms with Crippen molar-refractivity contribution in [1.82, 2.24) is 10.3 Å². The lowest BCUT2D eigenvalue weighted by Crippen LogP contribution is -2.31. The number of halogens is 4. The minimum absolute atomic E-state index is 0.0479. The van der Waals surface area contributed by atoms with Crippen LogP contribution >= 0.6 is 11.6 Å². The van der Waals surface area contributed by atoms with Gasteiger partial charge >= 0.3 is 6.18 Å². The Morgan fingerprint density at radius 2 is 2.08 bits per heavy atom. The Morgan fingerprint density at radius 1 is 1.28 bits per heavy atom. The number of hydrogen-bond donors (Lipinski definition) is 1. The van der Waals surface area contributed by atoms with Crippen molar-refractivity contribution in [2.45, 2.75) is 37.9 Å². The number of carbonyl (C=O) groups is 1. The standard InChI is InChI=1S/C18H16ClF3N2O/c19-16-11(4-1-7-14(16)18(20,21)22)10-24-17(25)13-5-2-8-15-12(13)6-3-9-23-15/h1,3-4,6-7,9,13H,2,5,8,10H2,(H,24,25). The Kier molecular flexibility index (Phi) is 4.99. The van der Waals surface area contributed by atoms with Gasteiger partial charge in [0.1, 0.15) is 0 Å². The molecule has 1 aliphatic rings. The Balaban J connectivity index is 1.74. The average molecular weight is 369 g/mol. The summed E-state index contributed by atoms with van der Waals surface area (Å²) in [7, 11) is 0. The summed E-state index contributed by atoms with van der Waals surface area (Å²) >= 11 is 5.86. The molecule has 1 aromatic carbocycles. The number of aromatic nitrogens is 1. The first kappa shape index (κ1) is 17.7. The Bertz CT molecular complexity index is 792. The normalized spacial score (nSPS) is 17.0. The van der Waals surface area contributed by atoms with Crippen LogP contribution in [-0.2, 0) is 23.9 Å². The number of rotatable bonds is 3. The second kappa shape index (κ2) is 7.04. The van der Waals surface area contributed by atoms with Gasteiger partial charge in [0.15, 0.2) is 0 Å². The van der Waals surface area contributed by atoms with E-state index in [1.54, 1.807) is 12.3 Å². The van der Waals surface area contributed by atoms with E-state index in [-0.39, 0.29) is 29.0 Å². The summed E-state index contributed by atoms with van der Waals surface area (Å²) in [5.41, 5.74) is 1.15. The first-order valence-corrected chi connectivity index (χ1v) is 8.32. The fraction of sp³-hybridized carbons (Fsp3) is 0.333. The SMILES string of the molecule is O=C(NCc1cccc(C(F)(F)F)c1Cl)C1CCCc2ncccc21. The van der Waals surface area contributed by atoms with Gasteiger partial charge in [0.05, 0.1) is 16.5 Å². The zero-order chi connectivity index (χ0) is 18.0. The molecule has 0 fully saturated rings. The molecule has 1 unspecified atom stereocenters. The molecular weight excluding hydrogens is 353 g/mol. The second-order valence-corrected chi connectivity index (χ2v) is 6.36. The lowest BCUT2D eigenvalue weighted by molar-refractivity contribution is -0.137. The number of hydrogen-bond acceptors (Lipinski definition) is 2. The van der Waals surface area contributed by atoms with Crippen LogP contribution < -0.4 is 5.32 Å². The average Bonchev–Trinajstić information content (AvgIpc) is 2.59. The van der Waals surface area contributed by atoms with E-state index in [0.717, 1.165) is 30.2 Å². The first-order valence-electron chi connectivity index (χ1n) is 7.94. The fourth-order valence-corrected chi connectivity index (χ4v) is 3.42. The van der Waals surface area contributed by atoms with Gasteiger partial charge in [0, 0.05) is 18.4 Å². The van der Waals surface area contributed by atoms with Crippen molar-refractivity contribution in [3.63, 3.8) is 0 Å². The van der Waals surface area contributed by atoms with Crippen molar-refractivity contribution in [2.24, 2.45) is 0 Å². The van der Waals surface area contributed by atoms with E-state index in [1.807, 2.05) is 6.07 Å². The minimum atomic E-state index is -4.52. The van der Waals surface area contributed by atoms with Crippen molar-refractivity contribution in [1.29, 1.82) is 0 Å². The highest BCUT2D eigenvalue weighted by Crippen LogP contribution is 2.36. The highest BCUT2D eigenvalue weighted by molar-refractivity contribution is 6.32. The quantitative estimate of drug-likeness (QED) is 0.867. The van der Waals surface area contributed by atoms with Crippen molar-refractivity contribution in [3.05, 3.63) is 63.9 Å². The molecule has 0 bridgehead atoms. The maximum Gasteiger partial charge on any atom is 0.417 e. The summed E-state index contributed by atoms with van der Waals surface area (Å²) in [5, 5.41) is 2.34. The minimum Gasteiger partial charge on any atom is -0.351 e. The number of alkyl halides is 3. The van der Waals surface area contributed by atoms with Crippen LogP contribution in [0.3, 0.4) is 0 Å². The molecule has 1 atom stereocenters. The fourth-order valence-electron chi connectivity index (χ4n) is 3.12. The second-order valence-electron chi connectivity index (χ2n) is 5.98. The van der Waals surface area contributed by atoms with Gasteiger partial charge < -0.3 is 5.32 Å². The Morgan fingerprint density at radius 3 is 2.84 bits per heavy atom. The summed E-state index contributed by atoms with van der Waals surface area (Å²) in [6, 6.07) is 7.36. The third-order valence-electron chi connectivity index (χ3n) is 4.36. The molecule has 0 spiro atoms. The lowest BCUT2D eigenvalue weighted by atomic mass is 9.85.